The Bertz CT molecular complexity index is 368. The van der Waals surface area contributed by atoms with Gasteiger partial charge in [0.1, 0.15) is 5.60 Å². The summed E-state index contributed by atoms with van der Waals surface area (Å²) in [6.07, 6.45) is 4.00. The number of likely N-dealkylation sites (tertiary alicyclic amines) is 1. The Labute approximate surface area is 114 Å². The number of hydrogen-bond acceptors (Lipinski definition) is 4. The summed E-state index contributed by atoms with van der Waals surface area (Å²) in [7, 11) is 0. The molecule has 1 saturated heterocycles. The van der Waals surface area contributed by atoms with Gasteiger partial charge in [-0.05, 0) is 46.6 Å². The van der Waals surface area contributed by atoms with Crippen LogP contribution in [-0.2, 0) is 14.3 Å². The van der Waals surface area contributed by atoms with E-state index in [0.717, 1.165) is 31.4 Å². The standard InChI is InChI=1S/C14H23NO4/c1-14(2,3)19-13(18)9-11-5-4-7-15(8-6-11)10-12(16)17/h9H,4-8,10H2,1-3H3,(H,16,17)/b11-9-. The third kappa shape index (κ3) is 6.96. The predicted octanol–water partition coefficient (Wildman–Crippen LogP) is 1.82. The molecule has 0 atom stereocenters. The highest BCUT2D eigenvalue weighted by Crippen LogP contribution is 2.17. The number of ether oxygens (including phenoxy) is 1. The van der Waals surface area contributed by atoms with Gasteiger partial charge in [0.2, 0.25) is 0 Å². The van der Waals surface area contributed by atoms with Crippen molar-refractivity contribution in [3.8, 4) is 0 Å². The lowest BCUT2D eigenvalue weighted by Crippen LogP contribution is -2.30. The van der Waals surface area contributed by atoms with E-state index in [1.54, 1.807) is 6.08 Å². The molecule has 5 heteroatoms. The van der Waals surface area contributed by atoms with Crippen molar-refractivity contribution >= 4 is 11.9 Å². The molecule has 0 unspecified atom stereocenters. The molecule has 1 fully saturated rings. The summed E-state index contributed by atoms with van der Waals surface area (Å²) in [5, 5.41) is 8.77. The molecule has 0 saturated carbocycles. The first-order valence-electron chi connectivity index (χ1n) is 6.63. The highest BCUT2D eigenvalue weighted by atomic mass is 16.6. The zero-order chi connectivity index (χ0) is 14.5. The first-order chi connectivity index (χ1) is 8.76. The van der Waals surface area contributed by atoms with E-state index in [-0.39, 0.29) is 12.5 Å². The van der Waals surface area contributed by atoms with Crippen molar-refractivity contribution in [3.05, 3.63) is 11.6 Å². The van der Waals surface area contributed by atoms with Crippen molar-refractivity contribution < 1.29 is 19.4 Å². The molecular weight excluding hydrogens is 246 g/mol. The Kier molecular flexibility index (Phi) is 5.54. The third-order valence-corrected chi connectivity index (χ3v) is 2.81. The first-order valence-corrected chi connectivity index (χ1v) is 6.63. The zero-order valence-corrected chi connectivity index (χ0v) is 11.9. The van der Waals surface area contributed by atoms with Gasteiger partial charge in [-0.25, -0.2) is 4.79 Å². The molecular formula is C14H23NO4. The Morgan fingerprint density at radius 1 is 1.32 bits per heavy atom. The Morgan fingerprint density at radius 3 is 2.58 bits per heavy atom. The van der Waals surface area contributed by atoms with Gasteiger partial charge in [0.05, 0.1) is 6.54 Å². The largest absolute Gasteiger partial charge is 0.480 e. The maximum atomic E-state index is 11.7. The zero-order valence-electron chi connectivity index (χ0n) is 11.9. The van der Waals surface area contributed by atoms with E-state index in [0.29, 0.717) is 6.54 Å². The van der Waals surface area contributed by atoms with Gasteiger partial charge in [0.15, 0.2) is 0 Å². The predicted molar refractivity (Wildman–Crippen MR) is 71.9 cm³/mol. The van der Waals surface area contributed by atoms with E-state index < -0.39 is 11.6 Å². The van der Waals surface area contributed by atoms with Crippen LogP contribution in [0.3, 0.4) is 0 Å². The van der Waals surface area contributed by atoms with Gasteiger partial charge < -0.3 is 9.84 Å². The lowest BCUT2D eigenvalue weighted by molar-refractivity contribution is -0.148. The monoisotopic (exact) mass is 269 g/mol. The number of aliphatic carboxylic acids is 1. The highest BCUT2D eigenvalue weighted by molar-refractivity contribution is 5.83. The molecule has 0 aromatic rings. The number of carbonyl (C=O) groups is 2. The number of rotatable bonds is 3. The number of nitrogens with zero attached hydrogens (tertiary/aromatic N) is 1. The fourth-order valence-corrected chi connectivity index (χ4v) is 2.06. The average Bonchev–Trinajstić information content (AvgIpc) is 2.40. The van der Waals surface area contributed by atoms with Crippen LogP contribution in [0.5, 0.6) is 0 Å². The molecule has 1 aliphatic heterocycles. The number of carbonyl (C=O) groups excluding carboxylic acids is 1. The van der Waals surface area contributed by atoms with E-state index in [2.05, 4.69) is 0 Å². The third-order valence-electron chi connectivity index (χ3n) is 2.81. The van der Waals surface area contributed by atoms with Gasteiger partial charge in [-0.1, -0.05) is 5.57 Å². The molecule has 108 valence electrons. The van der Waals surface area contributed by atoms with Crippen LogP contribution in [0.25, 0.3) is 0 Å². The maximum Gasteiger partial charge on any atom is 0.331 e. The van der Waals surface area contributed by atoms with Crippen LogP contribution >= 0.6 is 0 Å². The van der Waals surface area contributed by atoms with Crippen molar-refractivity contribution in [1.29, 1.82) is 0 Å². The summed E-state index contributed by atoms with van der Waals surface area (Å²) in [6, 6.07) is 0. The van der Waals surface area contributed by atoms with Crippen molar-refractivity contribution in [1.82, 2.24) is 4.90 Å². The summed E-state index contributed by atoms with van der Waals surface area (Å²) in [5.74, 6) is -1.12. The molecule has 1 rings (SSSR count). The van der Waals surface area contributed by atoms with Gasteiger partial charge in [-0.2, -0.15) is 0 Å². The molecule has 1 N–H and O–H groups in total. The fourth-order valence-electron chi connectivity index (χ4n) is 2.06. The second kappa shape index (κ2) is 6.70. The van der Waals surface area contributed by atoms with Crippen LogP contribution in [0.2, 0.25) is 0 Å². The van der Waals surface area contributed by atoms with E-state index >= 15 is 0 Å². The second-order valence-corrected chi connectivity index (χ2v) is 5.86. The van der Waals surface area contributed by atoms with E-state index in [1.165, 1.54) is 0 Å². The Morgan fingerprint density at radius 2 is 2.00 bits per heavy atom. The molecule has 0 spiro atoms. The topological polar surface area (TPSA) is 66.8 Å². The Balaban J connectivity index is 2.52. The molecule has 0 amide bonds. The minimum Gasteiger partial charge on any atom is -0.480 e. The first kappa shape index (κ1) is 15.7. The number of carboxylic acids is 1. The molecule has 0 aromatic heterocycles. The van der Waals surface area contributed by atoms with Gasteiger partial charge in [0, 0.05) is 12.6 Å². The summed E-state index contributed by atoms with van der Waals surface area (Å²) >= 11 is 0. The van der Waals surface area contributed by atoms with Crippen LogP contribution in [0, 0.1) is 0 Å². The molecule has 5 nitrogen and oxygen atoms in total. The maximum absolute atomic E-state index is 11.7. The van der Waals surface area contributed by atoms with E-state index in [1.807, 2.05) is 25.7 Å². The number of carboxylic acid groups (broad SMARTS) is 1. The molecule has 0 radical (unpaired) electrons. The van der Waals surface area contributed by atoms with Crippen LogP contribution in [0.15, 0.2) is 11.6 Å². The van der Waals surface area contributed by atoms with Gasteiger partial charge in [-0.15, -0.1) is 0 Å². The molecule has 0 aromatic carbocycles. The van der Waals surface area contributed by atoms with Crippen molar-refractivity contribution in [3.63, 3.8) is 0 Å². The van der Waals surface area contributed by atoms with Crippen LogP contribution in [0.1, 0.15) is 40.0 Å². The SMILES string of the molecule is CC(C)(C)OC(=O)/C=C1/CCCN(CC(=O)O)CC1. The van der Waals surface area contributed by atoms with E-state index in [9.17, 15) is 9.59 Å². The molecule has 0 bridgehead atoms. The molecule has 19 heavy (non-hydrogen) atoms. The highest BCUT2D eigenvalue weighted by Gasteiger charge is 2.18. The smallest absolute Gasteiger partial charge is 0.331 e. The quantitative estimate of drug-likeness (QED) is 0.625. The minimum atomic E-state index is -0.806. The van der Waals surface area contributed by atoms with E-state index in [4.69, 9.17) is 9.84 Å². The van der Waals surface area contributed by atoms with Gasteiger partial charge >= 0.3 is 11.9 Å². The fraction of sp³-hybridized carbons (Fsp3) is 0.714. The second-order valence-electron chi connectivity index (χ2n) is 5.86. The lowest BCUT2D eigenvalue weighted by atomic mass is 10.1. The number of hydrogen-bond donors (Lipinski definition) is 1. The molecule has 1 heterocycles. The van der Waals surface area contributed by atoms with Crippen molar-refractivity contribution in [2.75, 3.05) is 19.6 Å². The normalized spacial score (nSPS) is 20.1. The average molecular weight is 269 g/mol. The summed E-state index contributed by atoms with van der Waals surface area (Å²) in [6.45, 7) is 7.03. The van der Waals surface area contributed by atoms with Crippen LogP contribution in [0.4, 0.5) is 0 Å². The van der Waals surface area contributed by atoms with Crippen LogP contribution < -0.4 is 0 Å². The van der Waals surface area contributed by atoms with Crippen LogP contribution in [-0.4, -0.2) is 47.2 Å². The summed E-state index contributed by atoms with van der Waals surface area (Å²) in [5.41, 5.74) is 0.566. The lowest BCUT2D eigenvalue weighted by Gasteiger charge is -2.18. The van der Waals surface area contributed by atoms with Gasteiger partial charge in [0.25, 0.3) is 0 Å². The Hall–Kier alpha value is -1.36. The van der Waals surface area contributed by atoms with Crippen molar-refractivity contribution in [2.45, 2.75) is 45.6 Å². The van der Waals surface area contributed by atoms with Crippen molar-refractivity contribution in [2.24, 2.45) is 0 Å². The molecule has 0 aliphatic carbocycles. The summed E-state index contributed by atoms with van der Waals surface area (Å²) < 4.78 is 5.25. The summed E-state index contributed by atoms with van der Waals surface area (Å²) in [4.78, 5) is 24.3. The minimum absolute atomic E-state index is 0.0692. The van der Waals surface area contributed by atoms with Gasteiger partial charge in [-0.3, -0.25) is 9.69 Å². The number of esters is 1. The molecule has 1 aliphatic rings.